The average molecular weight is 409 g/mol. The summed E-state index contributed by atoms with van der Waals surface area (Å²) in [6.45, 7) is 16.8. The van der Waals surface area contributed by atoms with Crippen molar-refractivity contribution < 1.29 is 0 Å². The molecule has 0 aromatic heterocycles. The Morgan fingerprint density at radius 3 is 1.08 bits per heavy atom. The van der Waals surface area contributed by atoms with E-state index in [1.807, 2.05) is 0 Å². The lowest BCUT2D eigenvalue weighted by molar-refractivity contribution is 0.240. The zero-order valence-electron chi connectivity index (χ0n) is 16.2. The van der Waals surface area contributed by atoms with Crippen molar-refractivity contribution in [2.75, 3.05) is 13.1 Å². The Labute approximate surface area is 167 Å². The Balaban J connectivity index is 1.58. The molecule has 0 spiro atoms. The van der Waals surface area contributed by atoms with Crippen molar-refractivity contribution in [2.45, 2.75) is 97.9 Å². The molecule has 2 aliphatic rings. The number of nitrogens with zero attached hydrogens (tertiary/aromatic N) is 2. The first kappa shape index (κ1) is 21.6. The van der Waals surface area contributed by atoms with Gasteiger partial charge < -0.3 is 0 Å². The van der Waals surface area contributed by atoms with Gasteiger partial charge in [0, 0.05) is 13.1 Å². The molecule has 0 aromatic rings. The van der Waals surface area contributed by atoms with E-state index in [4.69, 9.17) is 0 Å². The fourth-order valence-electron chi connectivity index (χ4n) is 3.75. The van der Waals surface area contributed by atoms with Gasteiger partial charge in [0.05, 0.1) is 30.7 Å². The minimum Gasteiger partial charge on any atom is -0.280 e. The van der Waals surface area contributed by atoms with Crippen molar-refractivity contribution in [1.82, 2.24) is 9.80 Å². The number of hydrogen-bond acceptors (Lipinski definition) is 6. The first-order valence-corrected chi connectivity index (χ1v) is 13.3. The molecule has 2 aliphatic heterocycles. The summed E-state index contributed by atoms with van der Waals surface area (Å²) in [4.78, 5) is 5.39. The summed E-state index contributed by atoms with van der Waals surface area (Å²) >= 11 is 8.47. The van der Waals surface area contributed by atoms with E-state index in [1.165, 1.54) is 38.8 Å². The van der Waals surface area contributed by atoms with Gasteiger partial charge in [-0.1, -0.05) is 12.8 Å². The molecule has 2 rings (SSSR count). The quantitative estimate of drug-likeness (QED) is 0.460. The zero-order valence-corrected chi connectivity index (χ0v) is 19.5. The van der Waals surface area contributed by atoms with E-state index >= 15 is 0 Å². The first-order chi connectivity index (χ1) is 11.4. The highest BCUT2D eigenvalue weighted by Crippen LogP contribution is 2.41. The van der Waals surface area contributed by atoms with E-state index in [2.05, 4.69) is 98.4 Å². The Morgan fingerprint density at radius 1 is 0.500 bits per heavy atom. The van der Waals surface area contributed by atoms with Crippen LogP contribution in [0.1, 0.15) is 67.2 Å². The highest BCUT2D eigenvalue weighted by Gasteiger charge is 2.30. The maximum atomic E-state index is 2.69. The molecule has 2 fully saturated rings. The Morgan fingerprint density at radius 2 is 0.792 bits per heavy atom. The van der Waals surface area contributed by atoms with Crippen molar-refractivity contribution in [3.63, 3.8) is 0 Å². The zero-order chi connectivity index (χ0) is 17.7. The summed E-state index contributed by atoms with van der Waals surface area (Å²) in [5, 5.41) is 2.73. The van der Waals surface area contributed by atoms with Crippen LogP contribution in [-0.4, -0.2) is 53.5 Å². The summed E-state index contributed by atoms with van der Waals surface area (Å²) in [6, 6.07) is 0. The van der Waals surface area contributed by atoms with Crippen LogP contribution in [0.25, 0.3) is 0 Å². The van der Waals surface area contributed by atoms with Gasteiger partial charge in [0.15, 0.2) is 0 Å². The molecule has 2 saturated heterocycles. The topological polar surface area (TPSA) is 6.48 Å². The van der Waals surface area contributed by atoms with Crippen LogP contribution < -0.4 is 0 Å². The molecule has 0 saturated carbocycles. The number of unbranched alkanes of at least 4 members (excludes halogenated alkanes) is 3. The second-order valence-electron chi connectivity index (χ2n) is 6.97. The van der Waals surface area contributed by atoms with Crippen molar-refractivity contribution in [3.05, 3.63) is 0 Å². The third-order valence-corrected chi connectivity index (χ3v) is 10.5. The molecule has 0 aromatic carbocycles. The molecule has 2 nitrogen and oxygen atoms in total. The van der Waals surface area contributed by atoms with Crippen molar-refractivity contribution in [3.8, 4) is 0 Å². The van der Waals surface area contributed by atoms with Crippen LogP contribution in [0.5, 0.6) is 0 Å². The highest BCUT2D eigenvalue weighted by atomic mass is 32.2. The van der Waals surface area contributed by atoms with Gasteiger partial charge in [0.2, 0.25) is 0 Å². The molecule has 0 radical (unpaired) electrons. The van der Waals surface area contributed by atoms with Gasteiger partial charge in [-0.25, -0.2) is 0 Å². The van der Waals surface area contributed by atoms with Crippen molar-refractivity contribution in [2.24, 2.45) is 0 Å². The molecule has 6 atom stereocenters. The van der Waals surface area contributed by atoms with Gasteiger partial charge in [-0.15, -0.1) is 47.0 Å². The Hall–Kier alpha value is 1.32. The summed E-state index contributed by atoms with van der Waals surface area (Å²) < 4.78 is 1.50. The van der Waals surface area contributed by atoms with Gasteiger partial charge in [0.1, 0.15) is 0 Å². The van der Waals surface area contributed by atoms with E-state index in [0.29, 0.717) is 21.5 Å². The largest absolute Gasteiger partial charge is 0.280 e. The van der Waals surface area contributed by atoms with E-state index < -0.39 is 0 Å². The van der Waals surface area contributed by atoms with Gasteiger partial charge in [-0.3, -0.25) is 9.80 Å². The standard InChI is InChI=1S/C18H36N2S4/c1-13-19(14(2)22-17(5)21-13)11-9-7-8-10-12-20-15(3)23-18(6)24-16(20)4/h13-18H,7-12H2,1-6H3/t13-,14+,15-,16+,17?,18?. The third kappa shape index (κ3) is 6.49. The maximum absolute atomic E-state index is 2.69. The van der Waals surface area contributed by atoms with Gasteiger partial charge in [0.25, 0.3) is 0 Å². The monoisotopic (exact) mass is 408 g/mol. The van der Waals surface area contributed by atoms with Gasteiger partial charge >= 0.3 is 0 Å². The van der Waals surface area contributed by atoms with Crippen molar-refractivity contribution >= 4 is 47.0 Å². The summed E-state index contributed by atoms with van der Waals surface area (Å²) in [7, 11) is 0. The van der Waals surface area contributed by atoms with E-state index in [1.54, 1.807) is 0 Å². The van der Waals surface area contributed by atoms with E-state index in [-0.39, 0.29) is 0 Å². The number of thioether (sulfide) groups is 4. The SMILES string of the molecule is CC1S[C@@H](C)N(CCCCCCN2[C@H](C)SC(C)S[C@@H]2C)[C@@H](C)S1. The highest BCUT2D eigenvalue weighted by molar-refractivity contribution is 8.18. The predicted molar refractivity (Wildman–Crippen MR) is 119 cm³/mol. The normalized spacial score (nSPS) is 39.2. The smallest absolute Gasteiger partial charge is 0.0550 e. The minimum atomic E-state index is 0.683. The minimum absolute atomic E-state index is 0.683. The summed E-state index contributed by atoms with van der Waals surface area (Å²) in [6.07, 6.45) is 5.48. The van der Waals surface area contributed by atoms with Gasteiger partial charge in [-0.05, 0) is 54.4 Å². The van der Waals surface area contributed by atoms with Crippen LogP contribution in [0.3, 0.4) is 0 Å². The van der Waals surface area contributed by atoms with Crippen LogP contribution in [0.15, 0.2) is 0 Å². The molecule has 142 valence electrons. The molecular formula is C18H36N2S4. The average Bonchev–Trinajstić information content (AvgIpc) is 2.46. The van der Waals surface area contributed by atoms with Gasteiger partial charge in [-0.2, -0.15) is 0 Å². The number of rotatable bonds is 7. The molecule has 6 heteroatoms. The lowest BCUT2D eigenvalue weighted by atomic mass is 10.2. The Bertz CT molecular complexity index is 313. The van der Waals surface area contributed by atoms with Crippen LogP contribution >= 0.6 is 47.0 Å². The number of hydrogen-bond donors (Lipinski definition) is 0. The maximum Gasteiger partial charge on any atom is 0.0550 e. The van der Waals surface area contributed by atoms with Crippen LogP contribution in [0, 0.1) is 0 Å². The lowest BCUT2D eigenvalue weighted by Crippen LogP contribution is -2.42. The van der Waals surface area contributed by atoms with Crippen molar-refractivity contribution in [1.29, 1.82) is 0 Å². The summed E-state index contributed by atoms with van der Waals surface area (Å²) in [5.74, 6) is 0. The second kappa shape index (κ2) is 10.6. The molecule has 2 heterocycles. The first-order valence-electron chi connectivity index (χ1n) is 9.51. The van der Waals surface area contributed by atoms with E-state index in [9.17, 15) is 0 Å². The van der Waals surface area contributed by atoms with E-state index in [0.717, 1.165) is 9.16 Å². The van der Waals surface area contributed by atoms with Crippen LogP contribution in [0.4, 0.5) is 0 Å². The van der Waals surface area contributed by atoms with Crippen LogP contribution in [-0.2, 0) is 0 Å². The molecule has 24 heavy (non-hydrogen) atoms. The third-order valence-electron chi connectivity index (χ3n) is 5.01. The second-order valence-corrected chi connectivity index (χ2v) is 14.2. The fourth-order valence-corrected chi connectivity index (χ4v) is 10.3. The Kier molecular flexibility index (Phi) is 9.55. The summed E-state index contributed by atoms with van der Waals surface area (Å²) in [5.41, 5.74) is 0. The predicted octanol–water partition coefficient (Wildman–Crippen LogP) is 6.19. The van der Waals surface area contributed by atoms with Crippen LogP contribution in [0.2, 0.25) is 0 Å². The molecule has 2 unspecified atom stereocenters. The molecule has 0 N–H and O–H groups in total. The molecule has 0 amide bonds. The molecular weight excluding hydrogens is 372 g/mol. The fraction of sp³-hybridized carbons (Fsp3) is 1.00. The lowest BCUT2D eigenvalue weighted by Gasteiger charge is -2.41. The molecule has 0 aliphatic carbocycles. The molecule has 0 bridgehead atoms.